The van der Waals surface area contributed by atoms with Crippen LogP contribution in [0.3, 0.4) is 0 Å². The molecule has 1 aromatic rings. The number of fused-ring (bicyclic) bond motifs is 1. The number of rotatable bonds is 0. The van der Waals surface area contributed by atoms with Crippen molar-refractivity contribution in [3.63, 3.8) is 0 Å². The molecule has 3 N–H and O–H groups in total. The van der Waals surface area contributed by atoms with E-state index in [0.29, 0.717) is 6.04 Å². The maximum atomic E-state index is 5.79. The number of aromatic nitrogens is 1. The first-order valence-electron chi connectivity index (χ1n) is 3.77. The van der Waals surface area contributed by atoms with Crippen LogP contribution in [-0.2, 0) is 12.8 Å². The fourth-order valence-corrected chi connectivity index (χ4v) is 1.57. The van der Waals surface area contributed by atoms with Gasteiger partial charge in [0.15, 0.2) is 0 Å². The number of hydrogen-bond acceptors (Lipinski definition) is 1. The van der Waals surface area contributed by atoms with Gasteiger partial charge < -0.3 is 10.7 Å². The maximum Gasteiger partial charge on any atom is 0.0180 e. The Kier molecular flexibility index (Phi) is 1.27. The predicted octanol–water partition coefficient (Wildman–Crippen LogP) is 0.831. The van der Waals surface area contributed by atoms with Crippen LogP contribution >= 0.6 is 0 Å². The van der Waals surface area contributed by atoms with E-state index in [-0.39, 0.29) is 0 Å². The first-order valence-corrected chi connectivity index (χ1v) is 3.77. The molecule has 1 atom stereocenters. The fraction of sp³-hybridized carbons (Fsp3) is 0.500. The summed E-state index contributed by atoms with van der Waals surface area (Å²) in [5.74, 6) is 0. The quantitative estimate of drug-likeness (QED) is 0.545. The van der Waals surface area contributed by atoms with Crippen molar-refractivity contribution in [1.82, 2.24) is 4.98 Å². The lowest BCUT2D eigenvalue weighted by Crippen LogP contribution is -2.27. The Morgan fingerprint density at radius 3 is 3.40 bits per heavy atom. The monoisotopic (exact) mass is 136 g/mol. The SMILES string of the molecule is NC1CCc2[nH]ccc2C1. The summed E-state index contributed by atoms with van der Waals surface area (Å²) < 4.78 is 0. The number of nitrogens with one attached hydrogen (secondary N) is 1. The zero-order valence-electron chi connectivity index (χ0n) is 5.93. The van der Waals surface area contributed by atoms with Gasteiger partial charge in [-0.1, -0.05) is 0 Å². The summed E-state index contributed by atoms with van der Waals surface area (Å²) >= 11 is 0. The summed E-state index contributed by atoms with van der Waals surface area (Å²) in [6, 6.07) is 2.53. The number of H-pyrrole nitrogens is 1. The molecule has 0 saturated carbocycles. The van der Waals surface area contributed by atoms with Crippen LogP contribution in [0.25, 0.3) is 0 Å². The second-order valence-corrected chi connectivity index (χ2v) is 2.98. The van der Waals surface area contributed by atoms with E-state index >= 15 is 0 Å². The van der Waals surface area contributed by atoms with Crippen molar-refractivity contribution in [1.29, 1.82) is 0 Å². The molecule has 0 radical (unpaired) electrons. The number of hydrogen-bond donors (Lipinski definition) is 2. The van der Waals surface area contributed by atoms with Gasteiger partial charge in [0.25, 0.3) is 0 Å². The van der Waals surface area contributed by atoms with Crippen molar-refractivity contribution in [3.8, 4) is 0 Å². The molecular weight excluding hydrogens is 124 g/mol. The van der Waals surface area contributed by atoms with Crippen molar-refractivity contribution >= 4 is 0 Å². The van der Waals surface area contributed by atoms with Crippen LogP contribution in [0.15, 0.2) is 12.3 Å². The minimum atomic E-state index is 0.392. The lowest BCUT2D eigenvalue weighted by atomic mass is 9.94. The fourth-order valence-electron chi connectivity index (χ4n) is 1.57. The van der Waals surface area contributed by atoms with E-state index in [9.17, 15) is 0 Å². The largest absolute Gasteiger partial charge is 0.365 e. The number of aromatic amines is 1. The molecule has 2 nitrogen and oxygen atoms in total. The molecule has 1 aliphatic rings. The molecular formula is C8H12N2. The third-order valence-electron chi connectivity index (χ3n) is 2.18. The van der Waals surface area contributed by atoms with Gasteiger partial charge in [0, 0.05) is 17.9 Å². The molecule has 2 rings (SSSR count). The van der Waals surface area contributed by atoms with Crippen LogP contribution in [-0.4, -0.2) is 11.0 Å². The summed E-state index contributed by atoms with van der Waals surface area (Å²) in [7, 11) is 0. The first kappa shape index (κ1) is 5.98. The molecule has 10 heavy (non-hydrogen) atoms. The molecule has 0 fully saturated rings. The highest BCUT2D eigenvalue weighted by molar-refractivity contribution is 5.24. The van der Waals surface area contributed by atoms with Crippen molar-refractivity contribution in [3.05, 3.63) is 23.5 Å². The van der Waals surface area contributed by atoms with Crippen molar-refractivity contribution < 1.29 is 0 Å². The Bertz CT molecular complexity index is 227. The highest BCUT2D eigenvalue weighted by Crippen LogP contribution is 2.18. The Morgan fingerprint density at radius 2 is 2.50 bits per heavy atom. The van der Waals surface area contributed by atoms with Crippen molar-refractivity contribution in [2.24, 2.45) is 5.73 Å². The van der Waals surface area contributed by atoms with Crippen LogP contribution in [0, 0.1) is 0 Å². The molecule has 0 spiro atoms. The predicted molar refractivity (Wildman–Crippen MR) is 40.8 cm³/mol. The number of aryl methyl sites for hydroxylation is 1. The lowest BCUT2D eigenvalue weighted by Gasteiger charge is -2.17. The van der Waals surface area contributed by atoms with Crippen molar-refractivity contribution in [2.45, 2.75) is 25.3 Å². The lowest BCUT2D eigenvalue weighted by molar-refractivity contribution is 0.572. The van der Waals surface area contributed by atoms with Crippen LogP contribution in [0.2, 0.25) is 0 Å². The Labute approximate surface area is 60.4 Å². The van der Waals surface area contributed by atoms with E-state index in [1.807, 2.05) is 6.20 Å². The van der Waals surface area contributed by atoms with Crippen LogP contribution < -0.4 is 5.73 Å². The van der Waals surface area contributed by atoms with Gasteiger partial charge in [-0.2, -0.15) is 0 Å². The summed E-state index contributed by atoms with van der Waals surface area (Å²) in [4.78, 5) is 3.22. The maximum absolute atomic E-state index is 5.79. The first-order chi connectivity index (χ1) is 4.86. The summed E-state index contributed by atoms with van der Waals surface area (Å²) in [6.45, 7) is 0. The Balaban J connectivity index is 2.30. The summed E-state index contributed by atoms with van der Waals surface area (Å²) in [5.41, 5.74) is 8.60. The minimum absolute atomic E-state index is 0.392. The highest BCUT2D eigenvalue weighted by atomic mass is 14.7. The van der Waals surface area contributed by atoms with Gasteiger partial charge in [0.05, 0.1) is 0 Å². The minimum Gasteiger partial charge on any atom is -0.365 e. The second kappa shape index (κ2) is 2.13. The topological polar surface area (TPSA) is 41.8 Å². The zero-order valence-corrected chi connectivity index (χ0v) is 5.93. The van der Waals surface area contributed by atoms with Crippen molar-refractivity contribution in [2.75, 3.05) is 0 Å². The molecule has 0 aliphatic heterocycles. The van der Waals surface area contributed by atoms with Gasteiger partial charge >= 0.3 is 0 Å². The Morgan fingerprint density at radius 1 is 1.60 bits per heavy atom. The Hall–Kier alpha value is -0.760. The summed E-state index contributed by atoms with van der Waals surface area (Å²) in [5, 5.41) is 0. The molecule has 1 heterocycles. The van der Waals surface area contributed by atoms with Gasteiger partial charge in [-0.3, -0.25) is 0 Å². The average Bonchev–Trinajstić information content (AvgIpc) is 2.33. The summed E-state index contributed by atoms with van der Waals surface area (Å²) in [6.07, 6.45) is 5.32. The molecule has 1 unspecified atom stereocenters. The third-order valence-corrected chi connectivity index (χ3v) is 2.18. The molecule has 2 heteroatoms. The van der Waals surface area contributed by atoms with Crippen LogP contribution in [0.5, 0.6) is 0 Å². The zero-order chi connectivity index (χ0) is 6.97. The van der Waals surface area contributed by atoms with E-state index < -0.39 is 0 Å². The molecule has 0 saturated heterocycles. The van der Waals surface area contributed by atoms with E-state index in [2.05, 4.69) is 11.1 Å². The van der Waals surface area contributed by atoms with E-state index in [1.165, 1.54) is 11.3 Å². The standard InChI is InChI=1S/C8H12N2/c9-7-1-2-8-6(5-7)3-4-10-8/h3-4,7,10H,1-2,5,9H2. The van der Waals surface area contributed by atoms with Gasteiger partial charge in [-0.05, 0) is 30.9 Å². The van der Waals surface area contributed by atoms with Gasteiger partial charge in [-0.15, -0.1) is 0 Å². The van der Waals surface area contributed by atoms with Gasteiger partial charge in [0.1, 0.15) is 0 Å². The molecule has 54 valence electrons. The number of nitrogens with two attached hydrogens (primary N) is 1. The van der Waals surface area contributed by atoms with Crippen LogP contribution in [0.1, 0.15) is 17.7 Å². The van der Waals surface area contributed by atoms with Gasteiger partial charge in [0.2, 0.25) is 0 Å². The molecule has 1 aliphatic carbocycles. The smallest absolute Gasteiger partial charge is 0.0180 e. The third kappa shape index (κ3) is 0.847. The molecule has 0 amide bonds. The molecule has 0 bridgehead atoms. The molecule has 0 aromatic carbocycles. The van der Waals surface area contributed by atoms with E-state index in [1.54, 1.807) is 0 Å². The normalized spacial score (nSPS) is 24.3. The molecule has 1 aromatic heterocycles. The van der Waals surface area contributed by atoms with Crippen LogP contribution in [0.4, 0.5) is 0 Å². The van der Waals surface area contributed by atoms with E-state index in [0.717, 1.165) is 19.3 Å². The highest BCUT2D eigenvalue weighted by Gasteiger charge is 2.14. The van der Waals surface area contributed by atoms with E-state index in [4.69, 9.17) is 5.73 Å². The second-order valence-electron chi connectivity index (χ2n) is 2.98. The van der Waals surface area contributed by atoms with Gasteiger partial charge in [-0.25, -0.2) is 0 Å². The average molecular weight is 136 g/mol.